The van der Waals surface area contributed by atoms with E-state index in [-0.39, 0.29) is 82.4 Å². The van der Waals surface area contributed by atoms with Crippen molar-refractivity contribution in [3.05, 3.63) is 162 Å². The zero-order valence-electron chi connectivity index (χ0n) is 38.3. The van der Waals surface area contributed by atoms with Crippen molar-refractivity contribution >= 4 is 58.2 Å². The molecule has 0 unspecified atom stereocenters. The molecule has 4 heterocycles. The molecule has 8 rings (SSSR count). The van der Waals surface area contributed by atoms with Gasteiger partial charge >= 0.3 is 0 Å². The van der Waals surface area contributed by atoms with Crippen molar-refractivity contribution in [3.8, 4) is 46.3 Å². The van der Waals surface area contributed by atoms with E-state index in [0.717, 1.165) is 26.2 Å². The Labute approximate surface area is 426 Å². The Hall–Kier alpha value is -6.62. The topological polar surface area (TPSA) is 157 Å². The van der Waals surface area contributed by atoms with E-state index in [1.165, 1.54) is 12.4 Å². The van der Waals surface area contributed by atoms with Gasteiger partial charge < -0.3 is 38.5 Å². The van der Waals surface area contributed by atoms with E-state index in [9.17, 15) is 20.1 Å². The van der Waals surface area contributed by atoms with E-state index in [4.69, 9.17) is 65.4 Å². The summed E-state index contributed by atoms with van der Waals surface area (Å²) in [6.07, 6.45) is 6.12. The number of ether oxygens (including phenoxy) is 4. The lowest BCUT2D eigenvalue weighted by atomic mass is 10.0. The van der Waals surface area contributed by atoms with Gasteiger partial charge in [0.15, 0.2) is 0 Å². The lowest BCUT2D eigenvalue weighted by Crippen LogP contribution is -2.47. The summed E-state index contributed by atoms with van der Waals surface area (Å²) in [5, 5.41) is 20.0. The van der Waals surface area contributed by atoms with Crippen molar-refractivity contribution < 1.29 is 28.5 Å². The van der Waals surface area contributed by atoms with Crippen LogP contribution in [0.15, 0.2) is 97.6 Å². The van der Waals surface area contributed by atoms with Crippen molar-refractivity contribution in [2.45, 2.75) is 26.4 Å². The van der Waals surface area contributed by atoms with Gasteiger partial charge in [0.25, 0.3) is 11.8 Å². The van der Waals surface area contributed by atoms with E-state index in [0.29, 0.717) is 80.7 Å². The first-order valence-electron chi connectivity index (χ1n) is 22.3. The summed E-state index contributed by atoms with van der Waals surface area (Å²) < 4.78 is 25.0. The Morgan fingerprint density at radius 1 is 0.529 bits per heavy atom. The number of nitriles is 2. The average molecular weight is 1020 g/mol. The Morgan fingerprint density at radius 3 is 1.30 bits per heavy atom. The SMILES string of the molecule is CN1CCN(C(=O)c2cc(Cl)c(OCc3cccc(-c4cccc(COc5cc(OCc6cncc(C#N)c6)c(C(=O)N6CCN(C)CC6)cc5Cl)c4Cl)c3Cl)cc2OCc2cncc(C#N)c2)CC1. The maximum absolute atomic E-state index is 13.9. The molecular weight excluding hydrogens is 974 g/mol. The molecule has 2 aliphatic rings. The Balaban J connectivity index is 1.01. The molecule has 0 radical (unpaired) electrons. The molecule has 6 aromatic rings. The molecule has 2 aliphatic heterocycles. The molecule has 18 heteroatoms. The summed E-state index contributed by atoms with van der Waals surface area (Å²) in [5.41, 5.74) is 5.17. The fourth-order valence-electron chi connectivity index (χ4n) is 7.91. The van der Waals surface area contributed by atoms with Crippen LogP contribution >= 0.6 is 46.4 Å². The predicted octanol–water partition coefficient (Wildman–Crippen LogP) is 9.59. The number of piperazine rings is 2. The normalized spacial score (nSPS) is 14.1. The second-order valence-electron chi connectivity index (χ2n) is 16.8. The van der Waals surface area contributed by atoms with Gasteiger partial charge in [0, 0.05) is 123 Å². The number of aromatic nitrogens is 2. The highest BCUT2D eigenvalue weighted by Gasteiger charge is 2.27. The van der Waals surface area contributed by atoms with E-state index in [1.54, 1.807) is 58.6 Å². The van der Waals surface area contributed by atoms with Crippen LogP contribution in [-0.4, -0.2) is 108 Å². The van der Waals surface area contributed by atoms with Crippen molar-refractivity contribution in [1.82, 2.24) is 29.6 Å². The number of nitrogens with zero attached hydrogens (tertiary/aromatic N) is 8. The number of hydrogen-bond donors (Lipinski definition) is 0. The highest BCUT2D eigenvalue weighted by molar-refractivity contribution is 6.37. The maximum atomic E-state index is 13.9. The van der Waals surface area contributed by atoms with Gasteiger partial charge in [-0.2, -0.15) is 10.5 Å². The van der Waals surface area contributed by atoms with Crippen LogP contribution in [0.3, 0.4) is 0 Å². The second-order valence-corrected chi connectivity index (χ2v) is 18.4. The van der Waals surface area contributed by atoms with E-state index in [2.05, 4.69) is 31.9 Å². The Morgan fingerprint density at radius 2 is 0.914 bits per heavy atom. The third-order valence-corrected chi connectivity index (χ3v) is 13.4. The number of benzene rings is 4. The minimum absolute atomic E-state index is 0.00260. The van der Waals surface area contributed by atoms with Crippen molar-refractivity contribution in [2.75, 3.05) is 66.5 Å². The predicted molar refractivity (Wildman–Crippen MR) is 267 cm³/mol. The number of amides is 2. The molecule has 4 aromatic carbocycles. The van der Waals surface area contributed by atoms with Gasteiger partial charge in [0.05, 0.1) is 42.3 Å². The zero-order chi connectivity index (χ0) is 49.3. The number of pyridine rings is 2. The van der Waals surface area contributed by atoms with Gasteiger partial charge in [0.2, 0.25) is 0 Å². The number of halogens is 4. The summed E-state index contributed by atoms with van der Waals surface area (Å²) in [6, 6.07) is 24.9. The molecule has 0 saturated carbocycles. The van der Waals surface area contributed by atoms with Gasteiger partial charge in [0.1, 0.15) is 61.6 Å². The molecule has 2 saturated heterocycles. The molecule has 358 valence electrons. The smallest absolute Gasteiger partial charge is 0.257 e. The Bertz CT molecular complexity index is 2800. The third-order valence-electron chi connectivity index (χ3n) is 12.0. The van der Waals surface area contributed by atoms with Gasteiger partial charge in [-0.3, -0.25) is 19.6 Å². The minimum atomic E-state index is -0.220. The molecule has 14 nitrogen and oxygen atoms in total. The molecule has 0 atom stereocenters. The molecule has 0 spiro atoms. The molecule has 0 bridgehead atoms. The fraction of sp³-hybridized carbons (Fsp3) is 0.269. The van der Waals surface area contributed by atoms with E-state index >= 15 is 0 Å². The minimum Gasteiger partial charge on any atom is -0.488 e. The Kier molecular flexibility index (Phi) is 16.3. The lowest BCUT2D eigenvalue weighted by molar-refractivity contribution is 0.0652. The quantitative estimate of drug-likeness (QED) is 0.0961. The second kappa shape index (κ2) is 22.9. The first-order chi connectivity index (χ1) is 33.9. The maximum Gasteiger partial charge on any atom is 0.257 e. The van der Waals surface area contributed by atoms with Gasteiger partial charge in [-0.25, -0.2) is 0 Å². The molecule has 70 heavy (non-hydrogen) atoms. The van der Waals surface area contributed by atoms with E-state index < -0.39 is 0 Å². The van der Waals surface area contributed by atoms with Crippen LogP contribution in [0, 0.1) is 22.7 Å². The highest BCUT2D eigenvalue weighted by atomic mass is 35.5. The van der Waals surface area contributed by atoms with Crippen LogP contribution < -0.4 is 18.9 Å². The number of carbonyl (C=O) groups is 2. The lowest BCUT2D eigenvalue weighted by Gasteiger charge is -2.32. The molecular formula is C52H46Cl4N8O6. The molecule has 0 aliphatic carbocycles. The zero-order valence-corrected chi connectivity index (χ0v) is 41.3. The van der Waals surface area contributed by atoms with E-state index in [1.807, 2.05) is 50.5 Å². The van der Waals surface area contributed by atoms with Crippen LogP contribution in [0.25, 0.3) is 11.1 Å². The molecule has 2 aromatic heterocycles. The summed E-state index contributed by atoms with van der Waals surface area (Å²) in [6.45, 7) is 5.21. The fourth-order valence-corrected chi connectivity index (χ4v) is 8.91. The van der Waals surface area contributed by atoms with Crippen molar-refractivity contribution in [1.29, 1.82) is 10.5 Å². The first-order valence-corrected chi connectivity index (χ1v) is 23.8. The summed E-state index contributed by atoms with van der Waals surface area (Å²) >= 11 is 27.9. The molecule has 0 N–H and O–H groups in total. The molecule has 2 amide bonds. The van der Waals surface area contributed by atoms with Crippen LogP contribution in [0.1, 0.15) is 54.1 Å². The van der Waals surface area contributed by atoms with Crippen molar-refractivity contribution in [2.24, 2.45) is 0 Å². The number of rotatable bonds is 15. The monoisotopic (exact) mass is 1020 g/mol. The molecule has 2 fully saturated rings. The largest absolute Gasteiger partial charge is 0.488 e. The summed E-state index contributed by atoms with van der Waals surface area (Å²) in [5.74, 6) is 0.614. The van der Waals surface area contributed by atoms with Gasteiger partial charge in [-0.05, 0) is 38.4 Å². The standard InChI is InChI=1S/C52H46Cl4N8O6/c1-61-9-13-63(14-10-61)51(65)41-19-43(53)47(21-45(41)67-29-35-17-33(23-57)25-59-27-35)69-31-37-5-3-7-39(49(37)55)40-8-4-6-38(50(40)56)32-70-48-22-46(68-30-36-18-34(24-58)26-60-28-36)42(20-44(48)54)52(66)64-15-11-62(2)12-16-64/h3-8,17-22,25-28H,9-16,29-32H2,1-2H3. The van der Waals surface area contributed by atoms with Crippen LogP contribution in [0.4, 0.5) is 0 Å². The van der Waals surface area contributed by atoms with Gasteiger partial charge in [-0.15, -0.1) is 0 Å². The number of carbonyl (C=O) groups excluding carboxylic acids is 2. The summed E-state index contributed by atoms with van der Waals surface area (Å²) in [4.78, 5) is 43.9. The summed E-state index contributed by atoms with van der Waals surface area (Å²) in [7, 11) is 4.03. The van der Waals surface area contributed by atoms with Gasteiger partial charge in [-0.1, -0.05) is 82.8 Å². The van der Waals surface area contributed by atoms with Crippen LogP contribution in [0.2, 0.25) is 20.1 Å². The van der Waals surface area contributed by atoms with Crippen LogP contribution in [-0.2, 0) is 26.4 Å². The highest BCUT2D eigenvalue weighted by Crippen LogP contribution is 2.40. The first kappa shape index (κ1) is 49.8. The average Bonchev–Trinajstić information content (AvgIpc) is 3.38. The number of hydrogen-bond acceptors (Lipinski definition) is 12. The third kappa shape index (κ3) is 11.9. The number of likely N-dealkylation sites (N-methyl/N-ethyl adjacent to an activating group) is 2. The van der Waals surface area contributed by atoms with Crippen LogP contribution in [0.5, 0.6) is 23.0 Å². The van der Waals surface area contributed by atoms with Crippen molar-refractivity contribution in [3.63, 3.8) is 0 Å².